The summed E-state index contributed by atoms with van der Waals surface area (Å²) >= 11 is 7.30. The average molecular weight is 271 g/mol. The summed E-state index contributed by atoms with van der Waals surface area (Å²) in [6.07, 6.45) is 4.17. The summed E-state index contributed by atoms with van der Waals surface area (Å²) in [7, 11) is 0. The number of hydrogen-bond acceptors (Lipinski definition) is 4. The number of aryl methyl sites for hydroxylation is 1. The van der Waals surface area contributed by atoms with Crippen LogP contribution in [0.1, 0.15) is 27.2 Å². The van der Waals surface area contributed by atoms with E-state index < -0.39 is 0 Å². The Balaban J connectivity index is 1.94. The second-order valence-corrected chi connectivity index (χ2v) is 4.91. The van der Waals surface area contributed by atoms with E-state index in [-0.39, 0.29) is 11.1 Å². The summed E-state index contributed by atoms with van der Waals surface area (Å²) in [5, 5.41) is 3.74. The minimum atomic E-state index is -0.253. The molecule has 2 heterocycles. The number of nitrogens with one attached hydrogen (secondary N) is 1. The van der Waals surface area contributed by atoms with Gasteiger partial charge in [0, 0.05) is 11.1 Å². The smallest absolute Gasteiger partial charge is 0.256 e. The van der Waals surface area contributed by atoms with E-state index in [1.54, 1.807) is 11.3 Å². The third kappa shape index (κ3) is 2.87. The van der Waals surface area contributed by atoms with E-state index in [2.05, 4.69) is 17.2 Å². The van der Waals surface area contributed by atoms with E-state index in [1.807, 2.05) is 6.20 Å². The van der Waals surface area contributed by atoms with Gasteiger partial charge in [-0.2, -0.15) is 0 Å². The van der Waals surface area contributed by atoms with Crippen molar-refractivity contribution in [3.8, 4) is 0 Å². The highest BCUT2D eigenvalue weighted by Gasteiger charge is 2.12. The van der Waals surface area contributed by atoms with Gasteiger partial charge in [-0.25, -0.2) is 4.98 Å². The van der Waals surface area contributed by atoms with Crippen molar-refractivity contribution in [1.82, 2.24) is 10.3 Å². The van der Waals surface area contributed by atoms with Gasteiger partial charge in [-0.1, -0.05) is 6.92 Å². The molecule has 0 atom stereocenters. The molecule has 0 aliphatic rings. The molecule has 6 heteroatoms. The predicted octanol–water partition coefficient (Wildman–Crippen LogP) is 2.88. The zero-order valence-electron chi connectivity index (χ0n) is 9.20. The third-order valence-electron chi connectivity index (χ3n) is 2.21. The van der Waals surface area contributed by atoms with Crippen LogP contribution in [0.2, 0.25) is 5.22 Å². The van der Waals surface area contributed by atoms with E-state index in [1.165, 1.54) is 17.2 Å². The van der Waals surface area contributed by atoms with Crippen LogP contribution >= 0.6 is 22.9 Å². The van der Waals surface area contributed by atoms with Crippen LogP contribution in [0.15, 0.2) is 22.9 Å². The van der Waals surface area contributed by atoms with Crippen LogP contribution in [0.4, 0.5) is 0 Å². The Morgan fingerprint density at radius 1 is 1.65 bits per heavy atom. The number of carbonyl (C=O) groups is 1. The number of thiazole rings is 1. The van der Waals surface area contributed by atoms with Gasteiger partial charge in [0.15, 0.2) is 0 Å². The van der Waals surface area contributed by atoms with Crippen LogP contribution in [0, 0.1) is 0 Å². The first-order valence-corrected chi connectivity index (χ1v) is 6.35. The summed E-state index contributed by atoms with van der Waals surface area (Å²) in [5.74, 6) is -0.253. The number of hydrogen-bond donors (Lipinski definition) is 1. The SMILES string of the molecule is CCc1cnc(CNC(=O)c2ccoc2Cl)s1. The second-order valence-electron chi connectivity index (χ2n) is 3.36. The van der Waals surface area contributed by atoms with Gasteiger partial charge in [0.2, 0.25) is 5.22 Å². The molecular weight excluding hydrogens is 260 g/mol. The summed E-state index contributed by atoms with van der Waals surface area (Å²) in [5.41, 5.74) is 0.346. The molecule has 0 saturated carbocycles. The second kappa shape index (κ2) is 5.33. The maximum atomic E-state index is 11.7. The summed E-state index contributed by atoms with van der Waals surface area (Å²) in [6, 6.07) is 1.54. The molecule has 0 spiro atoms. The van der Waals surface area contributed by atoms with Crippen molar-refractivity contribution >= 4 is 28.8 Å². The Morgan fingerprint density at radius 3 is 3.06 bits per heavy atom. The molecule has 0 unspecified atom stereocenters. The number of furan rings is 1. The van der Waals surface area contributed by atoms with Gasteiger partial charge in [-0.15, -0.1) is 11.3 Å². The molecule has 4 nitrogen and oxygen atoms in total. The minimum absolute atomic E-state index is 0.107. The first-order valence-electron chi connectivity index (χ1n) is 5.15. The highest BCUT2D eigenvalue weighted by Crippen LogP contribution is 2.17. The molecule has 0 fully saturated rings. The molecule has 1 N–H and O–H groups in total. The average Bonchev–Trinajstić information content (AvgIpc) is 2.94. The highest BCUT2D eigenvalue weighted by molar-refractivity contribution is 7.11. The van der Waals surface area contributed by atoms with Crippen molar-refractivity contribution in [2.24, 2.45) is 0 Å². The largest absolute Gasteiger partial charge is 0.452 e. The van der Waals surface area contributed by atoms with Crippen molar-refractivity contribution in [2.75, 3.05) is 0 Å². The van der Waals surface area contributed by atoms with Crippen LogP contribution in [-0.4, -0.2) is 10.9 Å². The minimum Gasteiger partial charge on any atom is -0.452 e. The van der Waals surface area contributed by atoms with Gasteiger partial charge in [-0.05, 0) is 24.1 Å². The van der Waals surface area contributed by atoms with Crippen LogP contribution in [0.5, 0.6) is 0 Å². The molecule has 0 radical (unpaired) electrons. The molecule has 90 valence electrons. The highest BCUT2D eigenvalue weighted by atomic mass is 35.5. The van der Waals surface area contributed by atoms with E-state index >= 15 is 0 Å². The molecule has 2 aromatic rings. The van der Waals surface area contributed by atoms with Crippen LogP contribution < -0.4 is 5.32 Å². The van der Waals surface area contributed by atoms with Crippen LogP contribution in [0.25, 0.3) is 0 Å². The van der Waals surface area contributed by atoms with Crippen LogP contribution in [0.3, 0.4) is 0 Å². The zero-order valence-corrected chi connectivity index (χ0v) is 10.8. The molecule has 2 rings (SSSR count). The fourth-order valence-electron chi connectivity index (χ4n) is 1.30. The topological polar surface area (TPSA) is 55.1 Å². The van der Waals surface area contributed by atoms with E-state index in [0.717, 1.165) is 11.4 Å². The number of rotatable bonds is 4. The summed E-state index contributed by atoms with van der Waals surface area (Å²) < 4.78 is 4.85. The van der Waals surface area contributed by atoms with Crippen molar-refractivity contribution in [2.45, 2.75) is 19.9 Å². The number of amides is 1. The number of halogens is 1. The Bertz CT molecular complexity index is 521. The predicted molar refractivity (Wildman–Crippen MR) is 66.4 cm³/mol. The maximum Gasteiger partial charge on any atom is 0.256 e. The van der Waals surface area contributed by atoms with Gasteiger partial charge in [0.25, 0.3) is 5.91 Å². The lowest BCUT2D eigenvalue weighted by Crippen LogP contribution is -2.22. The Morgan fingerprint density at radius 2 is 2.47 bits per heavy atom. The molecule has 1 amide bonds. The monoisotopic (exact) mass is 270 g/mol. The lowest BCUT2D eigenvalue weighted by Gasteiger charge is -2.00. The standard InChI is InChI=1S/C11H11ClN2O2S/c1-2-7-5-13-9(17-7)6-14-11(15)8-3-4-16-10(8)12/h3-5H,2,6H2,1H3,(H,14,15). The van der Waals surface area contributed by atoms with Gasteiger partial charge >= 0.3 is 0 Å². The van der Waals surface area contributed by atoms with Gasteiger partial charge in [0.1, 0.15) is 5.01 Å². The normalized spacial score (nSPS) is 10.5. The quantitative estimate of drug-likeness (QED) is 0.929. The van der Waals surface area contributed by atoms with Crippen molar-refractivity contribution in [1.29, 1.82) is 0 Å². The van der Waals surface area contributed by atoms with E-state index in [4.69, 9.17) is 16.0 Å². The van der Waals surface area contributed by atoms with Crippen molar-refractivity contribution < 1.29 is 9.21 Å². The molecule has 0 aliphatic carbocycles. The Hall–Kier alpha value is -1.33. The summed E-state index contributed by atoms with van der Waals surface area (Å²) in [4.78, 5) is 17.1. The lowest BCUT2D eigenvalue weighted by molar-refractivity contribution is 0.0950. The first-order chi connectivity index (χ1) is 8.20. The van der Waals surface area contributed by atoms with Crippen molar-refractivity contribution in [3.05, 3.63) is 39.2 Å². The van der Waals surface area contributed by atoms with Gasteiger partial charge < -0.3 is 9.73 Å². The van der Waals surface area contributed by atoms with E-state index in [9.17, 15) is 4.79 Å². The maximum absolute atomic E-state index is 11.7. The number of aromatic nitrogens is 1. The third-order valence-corrected chi connectivity index (χ3v) is 3.65. The zero-order chi connectivity index (χ0) is 12.3. The number of nitrogens with zero attached hydrogens (tertiary/aromatic N) is 1. The van der Waals surface area contributed by atoms with Gasteiger partial charge in [-0.3, -0.25) is 4.79 Å². The molecule has 0 bridgehead atoms. The Labute approximate surface area is 108 Å². The van der Waals surface area contributed by atoms with Gasteiger partial charge in [0.05, 0.1) is 18.4 Å². The van der Waals surface area contributed by atoms with Crippen LogP contribution in [-0.2, 0) is 13.0 Å². The molecular formula is C11H11ClN2O2S. The Kier molecular flexibility index (Phi) is 3.81. The molecule has 2 aromatic heterocycles. The molecule has 0 aliphatic heterocycles. The molecule has 17 heavy (non-hydrogen) atoms. The number of carbonyl (C=O) groups excluding carboxylic acids is 1. The lowest BCUT2D eigenvalue weighted by atomic mass is 10.3. The fraction of sp³-hybridized carbons (Fsp3) is 0.273. The van der Waals surface area contributed by atoms with Crippen molar-refractivity contribution in [3.63, 3.8) is 0 Å². The molecule has 0 aromatic carbocycles. The first kappa shape index (κ1) is 12.1. The fourth-order valence-corrected chi connectivity index (χ4v) is 2.30. The molecule has 0 saturated heterocycles. The van der Waals surface area contributed by atoms with E-state index in [0.29, 0.717) is 12.1 Å². The summed E-state index contributed by atoms with van der Waals surface area (Å²) in [6.45, 7) is 2.48.